The molecule has 1 aromatic carbocycles. The van der Waals surface area contributed by atoms with Gasteiger partial charge in [0, 0.05) is 5.56 Å². The Labute approximate surface area is 91.7 Å². The molecule has 0 radical (unpaired) electrons. The number of hydrogen-bond donors (Lipinski definition) is 2. The van der Waals surface area contributed by atoms with E-state index in [1.807, 2.05) is 0 Å². The van der Waals surface area contributed by atoms with Crippen LogP contribution in [0, 0.1) is 5.21 Å². The molecule has 0 aliphatic rings. The molecule has 0 unspecified atom stereocenters. The third-order valence-corrected chi connectivity index (χ3v) is 2.19. The second-order valence-electron chi connectivity index (χ2n) is 3.24. The number of aliphatic hydroxyl groups excluding tert-OH is 1. The number of furan rings is 1. The van der Waals surface area contributed by atoms with Crippen LogP contribution in [0.1, 0.15) is 5.76 Å². The molecule has 0 spiro atoms. The molecule has 5 nitrogen and oxygen atoms in total. The molecule has 0 fully saturated rings. The van der Waals surface area contributed by atoms with Gasteiger partial charge in [0.05, 0.1) is 5.69 Å². The Kier molecular flexibility index (Phi) is 2.91. The van der Waals surface area contributed by atoms with Gasteiger partial charge >= 0.3 is 0 Å². The Balaban J connectivity index is 2.27. The van der Waals surface area contributed by atoms with Gasteiger partial charge in [0.1, 0.15) is 18.1 Å². The summed E-state index contributed by atoms with van der Waals surface area (Å²) in [5, 5.41) is 27.8. The minimum atomic E-state index is -0.203. The molecule has 0 aliphatic carbocycles. The minimum Gasteiger partial charge on any atom is -0.733 e. The fourth-order valence-electron chi connectivity index (χ4n) is 1.37. The maximum Gasteiger partial charge on any atom is 0.134 e. The van der Waals surface area contributed by atoms with Crippen molar-refractivity contribution in [3.05, 3.63) is 47.4 Å². The summed E-state index contributed by atoms with van der Waals surface area (Å²) in [4.78, 5) is 0. The SMILES string of the molecule is [O-]N(O)c1ccc(-c2ccc(CO)o2)cc1. The third kappa shape index (κ3) is 2.06. The van der Waals surface area contributed by atoms with Crippen molar-refractivity contribution < 1.29 is 14.7 Å². The molecule has 0 atom stereocenters. The van der Waals surface area contributed by atoms with Crippen molar-refractivity contribution in [3.63, 3.8) is 0 Å². The first-order valence-corrected chi connectivity index (χ1v) is 4.67. The second-order valence-corrected chi connectivity index (χ2v) is 3.24. The van der Waals surface area contributed by atoms with Crippen LogP contribution in [0.4, 0.5) is 5.69 Å². The molecular formula is C11H10NO4-. The molecule has 2 rings (SSSR count). The van der Waals surface area contributed by atoms with Gasteiger partial charge in [-0.15, -0.1) is 0 Å². The highest BCUT2D eigenvalue weighted by molar-refractivity contribution is 5.61. The topological polar surface area (TPSA) is 79.9 Å². The molecule has 2 aromatic rings. The van der Waals surface area contributed by atoms with Crippen LogP contribution in [0.5, 0.6) is 0 Å². The summed E-state index contributed by atoms with van der Waals surface area (Å²) >= 11 is 0. The fraction of sp³-hybridized carbons (Fsp3) is 0.0909. The van der Waals surface area contributed by atoms with Crippen LogP contribution < -0.4 is 5.23 Å². The van der Waals surface area contributed by atoms with Gasteiger partial charge in [-0.2, -0.15) is 0 Å². The zero-order valence-corrected chi connectivity index (χ0v) is 8.33. The van der Waals surface area contributed by atoms with Gasteiger partial charge in [0.15, 0.2) is 0 Å². The average molecular weight is 220 g/mol. The lowest BCUT2D eigenvalue weighted by atomic mass is 10.1. The first-order valence-electron chi connectivity index (χ1n) is 4.67. The third-order valence-electron chi connectivity index (χ3n) is 2.19. The van der Waals surface area contributed by atoms with Crippen LogP contribution in [-0.2, 0) is 6.61 Å². The summed E-state index contributed by atoms with van der Waals surface area (Å²) < 4.78 is 5.31. The number of benzene rings is 1. The molecule has 5 heteroatoms. The number of aliphatic hydroxyl groups is 1. The predicted molar refractivity (Wildman–Crippen MR) is 57.7 cm³/mol. The smallest absolute Gasteiger partial charge is 0.134 e. The number of rotatable bonds is 3. The highest BCUT2D eigenvalue weighted by atomic mass is 16.8. The predicted octanol–water partition coefficient (Wildman–Crippen LogP) is 2.13. The summed E-state index contributed by atoms with van der Waals surface area (Å²) in [6, 6.07) is 9.66. The van der Waals surface area contributed by atoms with Gasteiger partial charge in [0.2, 0.25) is 0 Å². The van der Waals surface area contributed by atoms with E-state index >= 15 is 0 Å². The Bertz CT molecular complexity index is 461. The molecule has 0 saturated carbocycles. The standard InChI is InChI=1S/C11H10NO4/c13-7-10-5-6-11(16-10)8-1-3-9(4-2-8)12(14)15/h1-6,13-14H,7H2/q-1. The molecular weight excluding hydrogens is 210 g/mol. The monoisotopic (exact) mass is 220 g/mol. The zero-order valence-electron chi connectivity index (χ0n) is 8.33. The summed E-state index contributed by atoms with van der Waals surface area (Å²) in [6.45, 7) is -0.150. The molecule has 0 aliphatic heterocycles. The second kappa shape index (κ2) is 4.36. The molecule has 16 heavy (non-hydrogen) atoms. The number of hydrogen-bond acceptors (Lipinski definition) is 5. The van der Waals surface area contributed by atoms with Crippen LogP contribution in [-0.4, -0.2) is 10.3 Å². The Morgan fingerprint density at radius 3 is 2.31 bits per heavy atom. The van der Waals surface area contributed by atoms with E-state index in [0.29, 0.717) is 11.5 Å². The molecule has 0 saturated heterocycles. The van der Waals surface area contributed by atoms with Crippen LogP contribution in [0.3, 0.4) is 0 Å². The van der Waals surface area contributed by atoms with Gasteiger partial charge in [-0.3, -0.25) is 5.21 Å². The van der Waals surface area contributed by atoms with E-state index in [1.54, 1.807) is 24.3 Å². The first kappa shape index (κ1) is 10.7. The quantitative estimate of drug-likeness (QED) is 0.774. The van der Waals surface area contributed by atoms with E-state index in [2.05, 4.69) is 0 Å². The highest BCUT2D eigenvalue weighted by Crippen LogP contribution is 2.24. The van der Waals surface area contributed by atoms with Crippen molar-refractivity contribution >= 4 is 5.69 Å². The lowest BCUT2D eigenvalue weighted by Gasteiger charge is -2.21. The minimum absolute atomic E-state index is 0.150. The number of nitrogens with zero attached hydrogens (tertiary/aromatic N) is 1. The van der Waals surface area contributed by atoms with E-state index in [4.69, 9.17) is 14.7 Å². The van der Waals surface area contributed by atoms with E-state index in [-0.39, 0.29) is 17.5 Å². The normalized spacial score (nSPS) is 10.4. The molecule has 2 N–H and O–H groups in total. The van der Waals surface area contributed by atoms with Crippen molar-refractivity contribution in [3.8, 4) is 11.3 Å². The average Bonchev–Trinajstić information content (AvgIpc) is 2.77. The van der Waals surface area contributed by atoms with Gasteiger partial charge in [-0.25, -0.2) is 0 Å². The highest BCUT2D eigenvalue weighted by Gasteiger charge is 2.03. The Hall–Kier alpha value is -1.82. The van der Waals surface area contributed by atoms with Crippen molar-refractivity contribution in [1.29, 1.82) is 0 Å². The van der Waals surface area contributed by atoms with E-state index in [9.17, 15) is 5.21 Å². The van der Waals surface area contributed by atoms with Crippen LogP contribution in [0.2, 0.25) is 0 Å². The molecule has 1 aromatic heterocycles. The molecule has 84 valence electrons. The van der Waals surface area contributed by atoms with Crippen molar-refractivity contribution in [2.24, 2.45) is 0 Å². The zero-order chi connectivity index (χ0) is 11.5. The molecule has 0 bridgehead atoms. The summed E-state index contributed by atoms with van der Waals surface area (Å²) in [7, 11) is 0. The van der Waals surface area contributed by atoms with Gasteiger partial charge in [-0.05, 0) is 36.4 Å². The van der Waals surface area contributed by atoms with E-state index < -0.39 is 0 Å². The first-order chi connectivity index (χ1) is 7.70. The van der Waals surface area contributed by atoms with E-state index in [1.165, 1.54) is 12.1 Å². The summed E-state index contributed by atoms with van der Waals surface area (Å²) in [5.74, 6) is 1.08. The summed E-state index contributed by atoms with van der Waals surface area (Å²) in [6.07, 6.45) is 0. The van der Waals surface area contributed by atoms with Crippen molar-refractivity contribution in [1.82, 2.24) is 0 Å². The van der Waals surface area contributed by atoms with Crippen molar-refractivity contribution in [2.75, 3.05) is 5.23 Å². The van der Waals surface area contributed by atoms with Crippen LogP contribution in [0.15, 0.2) is 40.8 Å². The Morgan fingerprint density at radius 1 is 1.12 bits per heavy atom. The van der Waals surface area contributed by atoms with Crippen LogP contribution >= 0.6 is 0 Å². The molecule has 1 heterocycles. The summed E-state index contributed by atoms with van der Waals surface area (Å²) in [5.41, 5.74) is 0.919. The lowest BCUT2D eigenvalue weighted by Crippen LogP contribution is -2.06. The maximum absolute atomic E-state index is 10.6. The van der Waals surface area contributed by atoms with Gasteiger partial charge < -0.3 is 20.0 Å². The van der Waals surface area contributed by atoms with Gasteiger partial charge in [-0.1, -0.05) is 0 Å². The lowest BCUT2D eigenvalue weighted by molar-refractivity contribution is 0.248. The maximum atomic E-state index is 10.6. The largest absolute Gasteiger partial charge is 0.733 e. The van der Waals surface area contributed by atoms with Gasteiger partial charge in [0.25, 0.3) is 0 Å². The Morgan fingerprint density at radius 2 is 1.81 bits per heavy atom. The molecule has 0 amide bonds. The number of anilines is 1. The van der Waals surface area contributed by atoms with Crippen molar-refractivity contribution in [2.45, 2.75) is 6.61 Å². The van der Waals surface area contributed by atoms with E-state index in [0.717, 1.165) is 5.56 Å². The van der Waals surface area contributed by atoms with Crippen LogP contribution in [0.25, 0.3) is 11.3 Å². The fourth-order valence-corrected chi connectivity index (χ4v) is 1.37.